The van der Waals surface area contributed by atoms with Crippen LogP contribution in [0.2, 0.25) is 0 Å². The van der Waals surface area contributed by atoms with E-state index in [0.717, 1.165) is 24.1 Å². The third-order valence-electron chi connectivity index (χ3n) is 4.29. The van der Waals surface area contributed by atoms with Crippen molar-refractivity contribution in [1.29, 1.82) is 0 Å². The van der Waals surface area contributed by atoms with Crippen LogP contribution in [0.4, 0.5) is 0 Å². The summed E-state index contributed by atoms with van der Waals surface area (Å²) in [7, 11) is 0. The van der Waals surface area contributed by atoms with Crippen molar-refractivity contribution in [3.63, 3.8) is 0 Å². The summed E-state index contributed by atoms with van der Waals surface area (Å²) in [4.78, 5) is 24.7. The van der Waals surface area contributed by atoms with Gasteiger partial charge in [0.05, 0.1) is 23.5 Å². The lowest BCUT2D eigenvalue weighted by Crippen LogP contribution is -2.26. The van der Waals surface area contributed by atoms with E-state index in [4.69, 9.17) is 0 Å². The van der Waals surface area contributed by atoms with Crippen molar-refractivity contribution in [2.75, 3.05) is 0 Å². The van der Waals surface area contributed by atoms with Crippen LogP contribution in [0.5, 0.6) is 0 Å². The summed E-state index contributed by atoms with van der Waals surface area (Å²) in [5.41, 5.74) is 3.93. The third-order valence-corrected chi connectivity index (χ3v) is 4.29. The first kappa shape index (κ1) is 13.9. The van der Waals surface area contributed by atoms with Crippen molar-refractivity contribution in [2.24, 2.45) is 0 Å². The molecular formula is C18H18N4O. The maximum absolute atomic E-state index is 12.6. The molecule has 1 aromatic carbocycles. The molecule has 23 heavy (non-hydrogen) atoms. The Kier molecular flexibility index (Phi) is 3.33. The normalized spacial score (nSPS) is 15.5. The smallest absolute Gasteiger partial charge is 0.255 e. The van der Waals surface area contributed by atoms with E-state index >= 15 is 0 Å². The Balaban J connectivity index is 1.60. The van der Waals surface area contributed by atoms with Crippen LogP contribution in [0.1, 0.15) is 53.3 Å². The molecule has 1 saturated carbocycles. The molecule has 1 atom stereocenters. The second-order valence-electron chi connectivity index (χ2n) is 6.07. The van der Waals surface area contributed by atoms with Gasteiger partial charge in [0.2, 0.25) is 0 Å². The highest BCUT2D eigenvalue weighted by Crippen LogP contribution is 2.39. The van der Waals surface area contributed by atoms with E-state index in [9.17, 15) is 4.79 Å². The van der Waals surface area contributed by atoms with Crippen LogP contribution in [0.15, 0.2) is 42.7 Å². The molecule has 2 N–H and O–H groups in total. The van der Waals surface area contributed by atoms with Gasteiger partial charge in [0, 0.05) is 12.1 Å². The van der Waals surface area contributed by atoms with Crippen molar-refractivity contribution >= 4 is 17.1 Å². The van der Waals surface area contributed by atoms with Gasteiger partial charge in [-0.3, -0.25) is 4.79 Å². The third kappa shape index (κ3) is 2.70. The molecule has 1 aliphatic rings. The van der Waals surface area contributed by atoms with Gasteiger partial charge in [-0.2, -0.15) is 0 Å². The number of aromatic amines is 1. The van der Waals surface area contributed by atoms with Gasteiger partial charge in [-0.1, -0.05) is 30.3 Å². The van der Waals surface area contributed by atoms with Gasteiger partial charge in [-0.15, -0.1) is 0 Å². The first-order valence-corrected chi connectivity index (χ1v) is 7.92. The van der Waals surface area contributed by atoms with E-state index in [-0.39, 0.29) is 11.9 Å². The predicted molar refractivity (Wildman–Crippen MR) is 88.2 cm³/mol. The summed E-state index contributed by atoms with van der Waals surface area (Å²) >= 11 is 0. The number of carbonyl (C=O) groups is 1. The quantitative estimate of drug-likeness (QED) is 0.776. The van der Waals surface area contributed by atoms with E-state index in [0.29, 0.717) is 22.6 Å². The maximum atomic E-state index is 12.6. The van der Waals surface area contributed by atoms with Crippen LogP contribution in [-0.4, -0.2) is 20.9 Å². The number of fused-ring (bicyclic) bond motifs is 1. The van der Waals surface area contributed by atoms with Crippen molar-refractivity contribution in [3.05, 3.63) is 59.5 Å². The zero-order chi connectivity index (χ0) is 15.8. The molecule has 3 aromatic rings. The first-order valence-electron chi connectivity index (χ1n) is 7.92. The number of nitrogens with one attached hydrogen (secondary N) is 2. The van der Waals surface area contributed by atoms with Crippen LogP contribution in [-0.2, 0) is 0 Å². The standard InChI is InChI=1S/C18H18N4O/c1-11(12-5-3-2-4-6-12)21-18(23)14-9-19-17-16(14)22-15(10-20-17)13-7-8-13/h2-6,9-11,13H,7-8H2,1H3,(H,19,20)(H,21,23)/t11-/m0/s1. The van der Waals surface area contributed by atoms with Crippen LogP contribution in [0, 0.1) is 0 Å². The highest BCUT2D eigenvalue weighted by molar-refractivity contribution is 6.04. The number of benzene rings is 1. The number of hydrogen-bond donors (Lipinski definition) is 2. The summed E-state index contributed by atoms with van der Waals surface area (Å²) in [5.74, 6) is 0.385. The van der Waals surface area contributed by atoms with Crippen LogP contribution in [0.25, 0.3) is 11.2 Å². The molecule has 5 nitrogen and oxygen atoms in total. The van der Waals surface area contributed by atoms with Crippen molar-refractivity contribution in [2.45, 2.75) is 31.7 Å². The minimum atomic E-state index is -0.130. The monoisotopic (exact) mass is 306 g/mol. The van der Waals surface area contributed by atoms with Crippen molar-refractivity contribution < 1.29 is 4.79 Å². The first-order chi connectivity index (χ1) is 11.2. The van der Waals surface area contributed by atoms with Gasteiger partial charge >= 0.3 is 0 Å². The molecule has 0 spiro atoms. The number of hydrogen-bond acceptors (Lipinski definition) is 3. The summed E-state index contributed by atoms with van der Waals surface area (Å²) in [6.45, 7) is 1.98. The average molecular weight is 306 g/mol. The van der Waals surface area contributed by atoms with E-state index in [1.807, 2.05) is 43.5 Å². The fourth-order valence-corrected chi connectivity index (χ4v) is 2.75. The number of carbonyl (C=O) groups excluding carboxylic acids is 1. The molecule has 5 heteroatoms. The van der Waals surface area contributed by atoms with Gasteiger partial charge in [0.15, 0.2) is 5.65 Å². The van der Waals surface area contributed by atoms with Crippen molar-refractivity contribution in [1.82, 2.24) is 20.3 Å². The molecule has 0 saturated heterocycles. The van der Waals surface area contributed by atoms with Crippen LogP contribution in [0.3, 0.4) is 0 Å². The predicted octanol–water partition coefficient (Wildman–Crippen LogP) is 3.33. The second-order valence-corrected chi connectivity index (χ2v) is 6.07. The zero-order valence-corrected chi connectivity index (χ0v) is 12.9. The molecular weight excluding hydrogens is 288 g/mol. The molecule has 116 valence electrons. The summed E-state index contributed by atoms with van der Waals surface area (Å²) in [6, 6.07) is 9.85. The minimum Gasteiger partial charge on any atom is -0.345 e. The number of amides is 1. The van der Waals surface area contributed by atoms with Gasteiger partial charge in [0.1, 0.15) is 5.52 Å². The lowest BCUT2D eigenvalue weighted by atomic mass is 10.1. The Labute approximate surface area is 134 Å². The number of nitrogens with zero attached hydrogens (tertiary/aromatic N) is 2. The highest BCUT2D eigenvalue weighted by Gasteiger charge is 2.26. The van der Waals surface area contributed by atoms with E-state index in [2.05, 4.69) is 20.3 Å². The lowest BCUT2D eigenvalue weighted by Gasteiger charge is -2.13. The Morgan fingerprint density at radius 2 is 2.09 bits per heavy atom. The zero-order valence-electron chi connectivity index (χ0n) is 12.9. The summed E-state index contributed by atoms with van der Waals surface area (Å²) in [5, 5.41) is 3.03. The molecule has 0 unspecified atom stereocenters. The fourth-order valence-electron chi connectivity index (χ4n) is 2.75. The number of rotatable bonds is 4. The number of aromatic nitrogens is 3. The minimum absolute atomic E-state index is 0.0618. The van der Waals surface area contributed by atoms with Gasteiger partial charge in [-0.25, -0.2) is 9.97 Å². The van der Waals surface area contributed by atoms with Crippen LogP contribution >= 0.6 is 0 Å². The molecule has 1 aliphatic carbocycles. The largest absolute Gasteiger partial charge is 0.345 e. The lowest BCUT2D eigenvalue weighted by molar-refractivity contribution is 0.0941. The maximum Gasteiger partial charge on any atom is 0.255 e. The SMILES string of the molecule is C[C@H](NC(=O)c1c[nH]c2ncc(C3CC3)nc12)c1ccccc1. The molecule has 0 aliphatic heterocycles. The van der Waals surface area contributed by atoms with Gasteiger partial charge in [-0.05, 0) is 25.3 Å². The Morgan fingerprint density at radius 1 is 1.30 bits per heavy atom. The van der Waals surface area contributed by atoms with Gasteiger partial charge < -0.3 is 10.3 Å². The Bertz CT molecular complexity index is 852. The average Bonchev–Trinajstić information content (AvgIpc) is 3.34. The molecule has 4 rings (SSSR count). The Morgan fingerprint density at radius 3 is 2.83 bits per heavy atom. The summed E-state index contributed by atoms with van der Waals surface area (Å²) < 4.78 is 0. The molecule has 1 fully saturated rings. The molecule has 0 radical (unpaired) electrons. The summed E-state index contributed by atoms with van der Waals surface area (Å²) in [6.07, 6.45) is 5.83. The topological polar surface area (TPSA) is 70.7 Å². The molecule has 2 aromatic heterocycles. The van der Waals surface area contributed by atoms with Crippen LogP contribution < -0.4 is 5.32 Å². The van der Waals surface area contributed by atoms with E-state index < -0.39 is 0 Å². The fraction of sp³-hybridized carbons (Fsp3) is 0.278. The second kappa shape index (κ2) is 5.50. The molecule has 0 bridgehead atoms. The molecule has 1 amide bonds. The Hall–Kier alpha value is -2.69. The molecule has 2 heterocycles. The van der Waals surface area contributed by atoms with Gasteiger partial charge in [0.25, 0.3) is 5.91 Å². The highest BCUT2D eigenvalue weighted by atomic mass is 16.1. The van der Waals surface area contributed by atoms with Crippen molar-refractivity contribution in [3.8, 4) is 0 Å². The number of H-pyrrole nitrogens is 1. The van der Waals surface area contributed by atoms with E-state index in [1.54, 1.807) is 6.20 Å². The van der Waals surface area contributed by atoms with E-state index in [1.165, 1.54) is 0 Å².